The molecular formula is C16H11BrF3N3O. The molecule has 1 aromatic carbocycles. The summed E-state index contributed by atoms with van der Waals surface area (Å²) in [6, 6.07) is 6.31. The molecule has 0 radical (unpaired) electrons. The Kier molecular flexibility index (Phi) is 4.31. The summed E-state index contributed by atoms with van der Waals surface area (Å²) >= 11 is 3.32. The number of nitrogens with one attached hydrogen (secondary N) is 1. The van der Waals surface area contributed by atoms with Crippen molar-refractivity contribution in [3.63, 3.8) is 0 Å². The van der Waals surface area contributed by atoms with Gasteiger partial charge >= 0.3 is 6.18 Å². The van der Waals surface area contributed by atoms with E-state index in [1.165, 1.54) is 12.1 Å². The van der Waals surface area contributed by atoms with E-state index < -0.39 is 11.7 Å². The number of rotatable bonds is 3. The lowest BCUT2D eigenvalue weighted by atomic mass is 10.1. The van der Waals surface area contributed by atoms with E-state index in [0.29, 0.717) is 21.2 Å². The van der Waals surface area contributed by atoms with Crippen molar-refractivity contribution in [1.29, 1.82) is 0 Å². The van der Waals surface area contributed by atoms with Crippen LogP contribution in [0.1, 0.15) is 21.5 Å². The highest BCUT2D eigenvalue weighted by Crippen LogP contribution is 2.29. The highest BCUT2D eigenvalue weighted by molar-refractivity contribution is 9.10. The molecule has 0 saturated heterocycles. The molecule has 0 unspecified atom stereocenters. The summed E-state index contributed by atoms with van der Waals surface area (Å²) in [6.45, 7) is 0.121. The molecule has 0 atom stereocenters. The number of amides is 1. The van der Waals surface area contributed by atoms with E-state index in [4.69, 9.17) is 0 Å². The lowest BCUT2D eigenvalue weighted by molar-refractivity contribution is -0.137. The third-order valence-electron chi connectivity index (χ3n) is 3.43. The zero-order valence-corrected chi connectivity index (χ0v) is 13.7. The Morgan fingerprint density at radius 3 is 2.62 bits per heavy atom. The second-order valence-electron chi connectivity index (χ2n) is 5.11. The molecule has 1 N–H and O–H groups in total. The van der Waals surface area contributed by atoms with E-state index in [9.17, 15) is 18.0 Å². The van der Waals surface area contributed by atoms with Crippen molar-refractivity contribution in [2.24, 2.45) is 0 Å². The van der Waals surface area contributed by atoms with Crippen molar-refractivity contribution in [2.75, 3.05) is 0 Å². The van der Waals surface area contributed by atoms with E-state index in [1.807, 2.05) is 0 Å². The number of nitrogens with zero attached hydrogens (tertiary/aromatic N) is 2. The van der Waals surface area contributed by atoms with E-state index in [-0.39, 0.29) is 12.5 Å². The van der Waals surface area contributed by atoms with Gasteiger partial charge in [-0.3, -0.25) is 4.79 Å². The number of pyridine rings is 1. The minimum absolute atomic E-state index is 0.121. The zero-order chi connectivity index (χ0) is 17.3. The van der Waals surface area contributed by atoms with Gasteiger partial charge in [0.2, 0.25) is 0 Å². The summed E-state index contributed by atoms with van der Waals surface area (Å²) < 4.78 is 40.0. The Labute approximate surface area is 143 Å². The van der Waals surface area contributed by atoms with E-state index in [2.05, 4.69) is 26.2 Å². The van der Waals surface area contributed by atoms with Crippen LogP contribution in [0.15, 0.2) is 53.4 Å². The van der Waals surface area contributed by atoms with Crippen molar-refractivity contribution in [2.45, 2.75) is 12.7 Å². The molecule has 0 bridgehead atoms. The molecule has 24 heavy (non-hydrogen) atoms. The summed E-state index contributed by atoms with van der Waals surface area (Å²) in [5.74, 6) is -0.354. The maximum Gasteiger partial charge on any atom is 0.416 e. The first-order chi connectivity index (χ1) is 11.3. The third kappa shape index (κ3) is 3.43. The monoisotopic (exact) mass is 397 g/mol. The number of aromatic nitrogens is 2. The lowest BCUT2D eigenvalue weighted by Crippen LogP contribution is -2.23. The van der Waals surface area contributed by atoms with Crippen LogP contribution in [0, 0.1) is 0 Å². The second kappa shape index (κ2) is 6.27. The highest BCUT2D eigenvalue weighted by atomic mass is 79.9. The summed E-state index contributed by atoms with van der Waals surface area (Å²) in [4.78, 5) is 16.5. The molecule has 0 spiro atoms. The molecule has 124 valence electrons. The molecule has 0 aliphatic heterocycles. The minimum Gasteiger partial charge on any atom is -0.348 e. The van der Waals surface area contributed by atoms with Crippen LogP contribution in [0.25, 0.3) is 5.65 Å². The van der Waals surface area contributed by atoms with Gasteiger partial charge in [-0.1, -0.05) is 12.1 Å². The number of imidazole rings is 1. The largest absolute Gasteiger partial charge is 0.416 e. The van der Waals surface area contributed by atoms with Crippen LogP contribution in [0.3, 0.4) is 0 Å². The van der Waals surface area contributed by atoms with Crippen molar-refractivity contribution in [1.82, 2.24) is 14.7 Å². The van der Waals surface area contributed by atoms with E-state index >= 15 is 0 Å². The van der Waals surface area contributed by atoms with Crippen molar-refractivity contribution in [3.05, 3.63) is 70.1 Å². The van der Waals surface area contributed by atoms with E-state index in [1.54, 1.807) is 29.1 Å². The second-order valence-corrected chi connectivity index (χ2v) is 6.02. The van der Waals surface area contributed by atoms with Crippen molar-refractivity contribution in [3.8, 4) is 0 Å². The van der Waals surface area contributed by atoms with Crippen LogP contribution >= 0.6 is 15.9 Å². The lowest BCUT2D eigenvalue weighted by Gasteiger charge is -2.09. The molecule has 0 aliphatic rings. The number of halogens is 4. The SMILES string of the molecule is O=C(NCc1ccc(C(F)(F)F)cc1)c1cc(Br)cn2ccnc12. The molecule has 1 amide bonds. The Bertz CT molecular complexity index is 888. The first-order valence-electron chi connectivity index (χ1n) is 6.91. The molecule has 0 fully saturated rings. The minimum atomic E-state index is -4.37. The fraction of sp³-hybridized carbons (Fsp3) is 0.125. The Morgan fingerprint density at radius 2 is 1.96 bits per heavy atom. The van der Waals surface area contributed by atoms with Gasteiger partial charge in [-0.2, -0.15) is 13.2 Å². The number of alkyl halides is 3. The van der Waals surface area contributed by atoms with Gasteiger partial charge in [-0.25, -0.2) is 4.98 Å². The first-order valence-corrected chi connectivity index (χ1v) is 7.70. The molecular weight excluding hydrogens is 387 g/mol. The van der Waals surface area contributed by atoms with Crippen LogP contribution in [0.5, 0.6) is 0 Å². The Morgan fingerprint density at radius 1 is 1.25 bits per heavy atom. The summed E-state index contributed by atoms with van der Waals surface area (Å²) in [5, 5.41) is 2.69. The molecule has 0 aliphatic carbocycles. The van der Waals surface area contributed by atoms with Gasteiger partial charge in [0.25, 0.3) is 5.91 Å². The number of hydrogen-bond acceptors (Lipinski definition) is 2. The molecule has 4 nitrogen and oxygen atoms in total. The number of carbonyl (C=O) groups excluding carboxylic acids is 1. The number of benzene rings is 1. The van der Waals surface area contributed by atoms with Crippen molar-refractivity contribution < 1.29 is 18.0 Å². The average molecular weight is 398 g/mol. The fourth-order valence-electron chi connectivity index (χ4n) is 2.25. The van der Waals surface area contributed by atoms with Crippen LogP contribution in [0.4, 0.5) is 13.2 Å². The van der Waals surface area contributed by atoms with Crippen LogP contribution in [0.2, 0.25) is 0 Å². The van der Waals surface area contributed by atoms with Crippen molar-refractivity contribution >= 4 is 27.5 Å². The average Bonchev–Trinajstić information content (AvgIpc) is 2.99. The van der Waals surface area contributed by atoms with E-state index in [0.717, 1.165) is 12.1 Å². The van der Waals surface area contributed by atoms with Gasteiger partial charge < -0.3 is 9.72 Å². The summed E-state index contributed by atoms with van der Waals surface area (Å²) in [7, 11) is 0. The molecule has 2 heterocycles. The molecule has 3 rings (SSSR count). The molecule has 2 aromatic heterocycles. The fourth-order valence-corrected chi connectivity index (χ4v) is 2.70. The van der Waals surface area contributed by atoms with Crippen LogP contribution < -0.4 is 5.32 Å². The van der Waals surface area contributed by atoms with Gasteiger partial charge in [0.15, 0.2) is 0 Å². The standard InChI is InChI=1S/C16H11BrF3N3O/c17-12-7-13(14-21-5-6-23(14)9-12)15(24)22-8-10-1-3-11(4-2-10)16(18,19)20/h1-7,9H,8H2,(H,22,24). The first kappa shape index (κ1) is 16.5. The number of carbonyl (C=O) groups is 1. The zero-order valence-electron chi connectivity index (χ0n) is 12.1. The smallest absolute Gasteiger partial charge is 0.348 e. The Hall–Kier alpha value is -2.35. The highest BCUT2D eigenvalue weighted by Gasteiger charge is 2.29. The molecule has 0 saturated carbocycles. The summed E-state index contributed by atoms with van der Waals surface area (Å²) in [5.41, 5.74) is 0.735. The predicted octanol–water partition coefficient (Wildman–Crippen LogP) is 4.05. The normalized spacial score (nSPS) is 11.7. The number of hydrogen-bond donors (Lipinski definition) is 1. The Balaban J connectivity index is 1.74. The van der Waals surface area contributed by atoms with Crippen LogP contribution in [-0.4, -0.2) is 15.3 Å². The van der Waals surface area contributed by atoms with Gasteiger partial charge in [0.1, 0.15) is 5.65 Å². The quantitative estimate of drug-likeness (QED) is 0.724. The van der Waals surface area contributed by atoms with Crippen LogP contribution in [-0.2, 0) is 12.7 Å². The molecule has 8 heteroatoms. The maximum atomic E-state index is 12.5. The predicted molar refractivity (Wildman–Crippen MR) is 85.5 cm³/mol. The third-order valence-corrected chi connectivity index (χ3v) is 3.87. The number of fused-ring (bicyclic) bond motifs is 1. The van der Waals surface area contributed by atoms with Gasteiger partial charge in [-0.15, -0.1) is 0 Å². The summed E-state index contributed by atoms with van der Waals surface area (Å²) in [6.07, 6.45) is 0.695. The topological polar surface area (TPSA) is 46.4 Å². The van der Waals surface area contributed by atoms with Gasteiger partial charge in [-0.05, 0) is 39.7 Å². The maximum absolute atomic E-state index is 12.5. The molecule has 3 aromatic rings. The van der Waals surface area contributed by atoms with Gasteiger partial charge in [0.05, 0.1) is 11.1 Å². The van der Waals surface area contributed by atoms with Gasteiger partial charge in [0, 0.05) is 29.6 Å².